The van der Waals surface area contributed by atoms with Crippen LogP contribution in [0.2, 0.25) is 0 Å². The van der Waals surface area contributed by atoms with E-state index in [2.05, 4.69) is 15.9 Å². The lowest BCUT2D eigenvalue weighted by Crippen LogP contribution is -2.12. The maximum absolute atomic E-state index is 12.2. The van der Waals surface area contributed by atoms with E-state index in [4.69, 9.17) is 0 Å². The van der Waals surface area contributed by atoms with Crippen LogP contribution < -0.4 is 0 Å². The van der Waals surface area contributed by atoms with E-state index in [1.54, 1.807) is 0 Å². The molecule has 1 aliphatic rings. The molecule has 1 fully saturated rings. The number of ketones is 1. The Balaban J connectivity index is 2.01. The lowest BCUT2D eigenvalue weighted by molar-refractivity contribution is 0.0950. The third-order valence-corrected chi connectivity index (χ3v) is 4.57. The Morgan fingerprint density at radius 3 is 2.65 bits per heavy atom. The van der Waals surface area contributed by atoms with Crippen LogP contribution in [0.1, 0.15) is 54.4 Å². The minimum Gasteiger partial charge on any atom is -0.294 e. The fourth-order valence-electron chi connectivity index (χ4n) is 2.59. The highest BCUT2D eigenvalue weighted by molar-refractivity contribution is 9.10. The standard InChI is InChI=1S/C15H19BrO/c1-11-9-13(7-8-14(11)16)15(17)10-12-5-3-2-4-6-12/h7-9,12H,2-6,10H2,1H3. The van der Waals surface area contributed by atoms with Crippen molar-refractivity contribution >= 4 is 21.7 Å². The molecule has 92 valence electrons. The Morgan fingerprint density at radius 1 is 1.29 bits per heavy atom. The molecule has 2 rings (SSSR count). The number of hydrogen-bond acceptors (Lipinski definition) is 1. The van der Waals surface area contributed by atoms with Gasteiger partial charge >= 0.3 is 0 Å². The molecule has 1 nitrogen and oxygen atoms in total. The Hall–Kier alpha value is -0.630. The lowest BCUT2D eigenvalue weighted by atomic mass is 9.84. The van der Waals surface area contributed by atoms with Gasteiger partial charge in [0.1, 0.15) is 0 Å². The predicted octanol–water partition coefficient (Wildman–Crippen LogP) is 4.91. The maximum Gasteiger partial charge on any atom is 0.163 e. The second-order valence-electron chi connectivity index (χ2n) is 5.10. The summed E-state index contributed by atoms with van der Waals surface area (Å²) >= 11 is 3.47. The van der Waals surface area contributed by atoms with Gasteiger partial charge in [0.05, 0.1) is 0 Å². The molecule has 1 aromatic carbocycles. The quantitative estimate of drug-likeness (QED) is 0.724. The molecule has 1 saturated carbocycles. The Bertz CT molecular complexity index is 405. The Kier molecular flexibility index (Phi) is 4.38. The molecule has 0 atom stereocenters. The number of Topliss-reactive ketones (excluding diaryl/α,β-unsaturated/α-hetero) is 1. The first-order chi connectivity index (χ1) is 8.16. The summed E-state index contributed by atoms with van der Waals surface area (Å²) in [5, 5.41) is 0. The van der Waals surface area contributed by atoms with Crippen molar-refractivity contribution in [2.75, 3.05) is 0 Å². The van der Waals surface area contributed by atoms with E-state index < -0.39 is 0 Å². The summed E-state index contributed by atoms with van der Waals surface area (Å²) in [7, 11) is 0. The maximum atomic E-state index is 12.2. The van der Waals surface area contributed by atoms with Crippen LogP contribution in [0.3, 0.4) is 0 Å². The van der Waals surface area contributed by atoms with Crippen LogP contribution in [-0.2, 0) is 0 Å². The molecule has 17 heavy (non-hydrogen) atoms. The first-order valence-corrected chi connectivity index (χ1v) is 7.25. The largest absolute Gasteiger partial charge is 0.294 e. The van der Waals surface area contributed by atoms with Crippen molar-refractivity contribution in [1.82, 2.24) is 0 Å². The summed E-state index contributed by atoms with van der Waals surface area (Å²) in [5.74, 6) is 0.938. The topological polar surface area (TPSA) is 17.1 Å². The second-order valence-corrected chi connectivity index (χ2v) is 5.95. The molecule has 2 heteroatoms. The predicted molar refractivity (Wildman–Crippen MR) is 74.4 cm³/mol. The zero-order valence-electron chi connectivity index (χ0n) is 10.3. The lowest BCUT2D eigenvalue weighted by Gasteiger charge is -2.20. The van der Waals surface area contributed by atoms with E-state index in [0.29, 0.717) is 11.7 Å². The van der Waals surface area contributed by atoms with Crippen LogP contribution >= 0.6 is 15.9 Å². The van der Waals surface area contributed by atoms with E-state index in [9.17, 15) is 4.79 Å². The van der Waals surface area contributed by atoms with Gasteiger partial charge in [0.25, 0.3) is 0 Å². The average molecular weight is 295 g/mol. The first kappa shape index (κ1) is 12.8. The summed E-state index contributed by atoms with van der Waals surface area (Å²) in [6.45, 7) is 2.03. The summed E-state index contributed by atoms with van der Waals surface area (Å²) in [5.41, 5.74) is 2.01. The number of halogens is 1. The fraction of sp³-hybridized carbons (Fsp3) is 0.533. The fourth-order valence-corrected chi connectivity index (χ4v) is 2.84. The Morgan fingerprint density at radius 2 is 2.00 bits per heavy atom. The number of carbonyl (C=O) groups excluding carboxylic acids is 1. The molecule has 1 aromatic rings. The van der Waals surface area contributed by atoms with E-state index >= 15 is 0 Å². The normalized spacial score (nSPS) is 17.1. The zero-order valence-corrected chi connectivity index (χ0v) is 11.9. The molecular formula is C15H19BrO. The molecule has 0 aromatic heterocycles. The van der Waals surface area contributed by atoms with Gasteiger partial charge in [-0.15, -0.1) is 0 Å². The van der Waals surface area contributed by atoms with E-state index in [0.717, 1.165) is 22.0 Å². The molecule has 0 unspecified atom stereocenters. The highest BCUT2D eigenvalue weighted by atomic mass is 79.9. The van der Waals surface area contributed by atoms with E-state index in [1.165, 1.54) is 32.1 Å². The molecule has 0 bridgehead atoms. The zero-order chi connectivity index (χ0) is 12.3. The minimum absolute atomic E-state index is 0.313. The van der Waals surface area contributed by atoms with Crippen LogP contribution in [0.4, 0.5) is 0 Å². The van der Waals surface area contributed by atoms with Crippen molar-refractivity contribution < 1.29 is 4.79 Å². The van der Waals surface area contributed by atoms with Crippen molar-refractivity contribution in [3.63, 3.8) is 0 Å². The molecule has 0 saturated heterocycles. The van der Waals surface area contributed by atoms with Crippen LogP contribution in [-0.4, -0.2) is 5.78 Å². The number of rotatable bonds is 3. The second kappa shape index (κ2) is 5.81. The number of benzene rings is 1. The van der Waals surface area contributed by atoms with Gasteiger partial charge in [-0.3, -0.25) is 4.79 Å². The molecule has 1 aliphatic carbocycles. The highest BCUT2D eigenvalue weighted by Gasteiger charge is 2.18. The summed E-state index contributed by atoms with van der Waals surface area (Å²) in [6, 6.07) is 5.90. The van der Waals surface area contributed by atoms with Crippen LogP contribution in [0.15, 0.2) is 22.7 Å². The van der Waals surface area contributed by atoms with Gasteiger partial charge in [-0.1, -0.05) is 54.1 Å². The summed E-state index contributed by atoms with van der Waals surface area (Å²) < 4.78 is 1.08. The number of hydrogen-bond donors (Lipinski definition) is 0. The molecule has 0 spiro atoms. The van der Waals surface area contributed by atoms with Crippen molar-refractivity contribution in [2.45, 2.75) is 45.4 Å². The SMILES string of the molecule is Cc1cc(C(=O)CC2CCCCC2)ccc1Br. The van der Waals surface area contributed by atoms with Gasteiger partial charge in [-0.2, -0.15) is 0 Å². The van der Waals surface area contributed by atoms with Gasteiger partial charge in [0.2, 0.25) is 0 Å². The third kappa shape index (κ3) is 3.41. The van der Waals surface area contributed by atoms with Gasteiger partial charge < -0.3 is 0 Å². The van der Waals surface area contributed by atoms with E-state index in [-0.39, 0.29) is 0 Å². The van der Waals surface area contributed by atoms with Crippen LogP contribution in [0.25, 0.3) is 0 Å². The van der Waals surface area contributed by atoms with Crippen LogP contribution in [0, 0.1) is 12.8 Å². The molecule has 0 heterocycles. The number of carbonyl (C=O) groups is 1. The summed E-state index contributed by atoms with van der Waals surface area (Å²) in [6.07, 6.45) is 7.17. The van der Waals surface area contributed by atoms with Crippen molar-refractivity contribution in [1.29, 1.82) is 0 Å². The van der Waals surface area contributed by atoms with Gasteiger partial charge in [0.15, 0.2) is 5.78 Å². The highest BCUT2D eigenvalue weighted by Crippen LogP contribution is 2.28. The van der Waals surface area contributed by atoms with Gasteiger partial charge in [-0.25, -0.2) is 0 Å². The van der Waals surface area contributed by atoms with Gasteiger partial charge in [0, 0.05) is 16.5 Å². The molecule has 0 aliphatic heterocycles. The molecule has 0 N–H and O–H groups in total. The smallest absolute Gasteiger partial charge is 0.163 e. The first-order valence-electron chi connectivity index (χ1n) is 6.46. The molecule has 0 amide bonds. The van der Waals surface area contributed by atoms with Crippen LogP contribution in [0.5, 0.6) is 0 Å². The molecule has 0 radical (unpaired) electrons. The van der Waals surface area contributed by atoms with Crippen molar-refractivity contribution in [3.8, 4) is 0 Å². The third-order valence-electron chi connectivity index (χ3n) is 3.68. The molecular weight excluding hydrogens is 276 g/mol. The minimum atomic E-state index is 0.313. The average Bonchev–Trinajstić information content (AvgIpc) is 2.34. The van der Waals surface area contributed by atoms with E-state index in [1.807, 2.05) is 25.1 Å². The van der Waals surface area contributed by atoms with Crippen molar-refractivity contribution in [3.05, 3.63) is 33.8 Å². The monoisotopic (exact) mass is 294 g/mol. The number of aryl methyl sites for hydroxylation is 1. The van der Waals surface area contributed by atoms with Gasteiger partial charge in [-0.05, 0) is 30.5 Å². The summed E-state index contributed by atoms with van der Waals surface area (Å²) in [4.78, 5) is 12.2. The van der Waals surface area contributed by atoms with Crippen molar-refractivity contribution in [2.24, 2.45) is 5.92 Å². The Labute approximate surface area is 112 Å².